The van der Waals surface area contributed by atoms with Crippen LogP contribution < -0.4 is 0 Å². The van der Waals surface area contributed by atoms with Gasteiger partial charge in [-0.2, -0.15) is 0 Å². The zero-order valence-electron chi connectivity index (χ0n) is 22.8. The van der Waals surface area contributed by atoms with Crippen LogP contribution in [0.2, 0.25) is 0 Å². The molecule has 8 aromatic rings. The standard InChI is InChI=1S/C38H27N3/c1-2-36-39-34-19-7-8-20-35(34)41(36)27-23-21-26(22-24-27)38-32-17-10-16-30(37(32)31-14-5-6-18-33(31)40-38)29-15-9-12-25-11-3-4-13-28(25)29/h3-24H,2H2,1H3. The lowest BCUT2D eigenvalue weighted by Crippen LogP contribution is -2.00. The van der Waals surface area contributed by atoms with Gasteiger partial charge in [0.25, 0.3) is 0 Å². The fraction of sp³-hybridized carbons (Fsp3) is 0.0526. The van der Waals surface area contributed by atoms with Crippen molar-refractivity contribution in [3.05, 3.63) is 139 Å². The van der Waals surface area contributed by atoms with E-state index >= 15 is 0 Å². The number of fused-ring (bicyclic) bond motifs is 5. The molecule has 194 valence electrons. The van der Waals surface area contributed by atoms with Crippen LogP contribution in [0.4, 0.5) is 0 Å². The number of nitrogens with zero attached hydrogens (tertiary/aromatic N) is 3. The van der Waals surface area contributed by atoms with Gasteiger partial charge in [0.2, 0.25) is 0 Å². The summed E-state index contributed by atoms with van der Waals surface area (Å²) in [6.07, 6.45) is 0.865. The van der Waals surface area contributed by atoms with Crippen molar-refractivity contribution >= 4 is 43.5 Å². The molecule has 0 spiro atoms. The normalized spacial score (nSPS) is 11.6. The van der Waals surface area contributed by atoms with E-state index < -0.39 is 0 Å². The SMILES string of the molecule is CCc1nc2ccccc2n1-c1ccc(-c2nc3ccccc3c3c(-c4cccc5ccccc45)cccc23)cc1. The second-order valence-corrected chi connectivity index (χ2v) is 10.5. The van der Waals surface area contributed by atoms with E-state index in [9.17, 15) is 0 Å². The minimum Gasteiger partial charge on any atom is -0.296 e. The molecule has 0 radical (unpaired) electrons. The highest BCUT2D eigenvalue weighted by atomic mass is 15.1. The molecule has 0 N–H and O–H groups in total. The van der Waals surface area contributed by atoms with Crippen molar-refractivity contribution in [1.82, 2.24) is 14.5 Å². The maximum Gasteiger partial charge on any atom is 0.114 e. The Morgan fingerprint density at radius 3 is 2.05 bits per heavy atom. The summed E-state index contributed by atoms with van der Waals surface area (Å²) in [6.45, 7) is 2.16. The molecule has 0 aliphatic heterocycles. The Labute approximate surface area is 238 Å². The summed E-state index contributed by atoms with van der Waals surface area (Å²) in [7, 11) is 0. The van der Waals surface area contributed by atoms with Gasteiger partial charge >= 0.3 is 0 Å². The predicted octanol–water partition coefficient (Wildman–Crippen LogP) is 9.78. The third-order valence-corrected chi connectivity index (χ3v) is 8.15. The van der Waals surface area contributed by atoms with Gasteiger partial charge in [0.05, 0.1) is 22.2 Å². The van der Waals surface area contributed by atoms with Crippen LogP contribution >= 0.6 is 0 Å². The molecule has 0 amide bonds. The largest absolute Gasteiger partial charge is 0.296 e. The van der Waals surface area contributed by atoms with Crippen molar-refractivity contribution in [2.75, 3.05) is 0 Å². The van der Waals surface area contributed by atoms with Gasteiger partial charge in [-0.25, -0.2) is 9.97 Å². The number of imidazole rings is 1. The summed E-state index contributed by atoms with van der Waals surface area (Å²) < 4.78 is 2.27. The quantitative estimate of drug-likeness (QED) is 0.214. The van der Waals surface area contributed by atoms with Gasteiger partial charge in [-0.1, -0.05) is 110 Å². The van der Waals surface area contributed by atoms with Crippen LogP contribution in [0, 0.1) is 0 Å². The Kier molecular flexibility index (Phi) is 5.42. The molecular weight excluding hydrogens is 498 g/mol. The van der Waals surface area contributed by atoms with E-state index in [0.29, 0.717) is 0 Å². The van der Waals surface area contributed by atoms with E-state index in [1.807, 2.05) is 6.07 Å². The van der Waals surface area contributed by atoms with E-state index in [2.05, 4.69) is 139 Å². The smallest absolute Gasteiger partial charge is 0.114 e. The Balaban J connectivity index is 1.36. The average Bonchev–Trinajstić information content (AvgIpc) is 3.43. The molecule has 0 unspecified atom stereocenters. The number of hydrogen-bond donors (Lipinski definition) is 0. The highest BCUT2D eigenvalue weighted by Gasteiger charge is 2.16. The minimum atomic E-state index is 0.865. The number of pyridine rings is 1. The lowest BCUT2D eigenvalue weighted by molar-refractivity contribution is 0.908. The van der Waals surface area contributed by atoms with Crippen molar-refractivity contribution in [2.45, 2.75) is 13.3 Å². The van der Waals surface area contributed by atoms with Gasteiger partial charge in [0.15, 0.2) is 0 Å². The maximum atomic E-state index is 5.23. The molecule has 0 atom stereocenters. The molecular formula is C38H27N3. The summed E-state index contributed by atoms with van der Waals surface area (Å²) >= 11 is 0. The molecule has 41 heavy (non-hydrogen) atoms. The summed E-state index contributed by atoms with van der Waals surface area (Å²) in [4.78, 5) is 10.1. The van der Waals surface area contributed by atoms with Gasteiger partial charge < -0.3 is 0 Å². The van der Waals surface area contributed by atoms with Gasteiger partial charge in [0.1, 0.15) is 5.82 Å². The highest BCUT2D eigenvalue weighted by Crippen LogP contribution is 2.40. The zero-order chi connectivity index (χ0) is 27.3. The van der Waals surface area contributed by atoms with Gasteiger partial charge in [-0.05, 0) is 52.2 Å². The maximum absolute atomic E-state index is 5.23. The van der Waals surface area contributed by atoms with Gasteiger partial charge in [-0.15, -0.1) is 0 Å². The van der Waals surface area contributed by atoms with Crippen molar-refractivity contribution in [2.24, 2.45) is 0 Å². The van der Waals surface area contributed by atoms with Crippen LogP contribution in [0.15, 0.2) is 133 Å². The molecule has 0 fully saturated rings. The van der Waals surface area contributed by atoms with E-state index in [1.54, 1.807) is 0 Å². The molecule has 6 aromatic carbocycles. The van der Waals surface area contributed by atoms with Crippen molar-refractivity contribution in [3.63, 3.8) is 0 Å². The average molecular weight is 526 g/mol. The Bertz CT molecular complexity index is 2230. The molecule has 2 heterocycles. The lowest BCUT2D eigenvalue weighted by Gasteiger charge is -2.16. The van der Waals surface area contributed by atoms with Crippen LogP contribution in [0.1, 0.15) is 12.7 Å². The summed E-state index contributed by atoms with van der Waals surface area (Å²) in [5, 5.41) is 6.07. The number of hydrogen-bond acceptors (Lipinski definition) is 2. The molecule has 0 aliphatic carbocycles. The monoisotopic (exact) mass is 525 g/mol. The molecule has 0 aliphatic rings. The number of benzene rings is 6. The van der Waals surface area contributed by atoms with Crippen LogP contribution in [-0.2, 0) is 6.42 Å². The van der Waals surface area contributed by atoms with E-state index in [4.69, 9.17) is 9.97 Å². The number of rotatable bonds is 4. The first kappa shape index (κ1) is 23.6. The van der Waals surface area contributed by atoms with Crippen LogP contribution in [0.3, 0.4) is 0 Å². The first-order chi connectivity index (χ1) is 20.3. The topological polar surface area (TPSA) is 30.7 Å². The highest BCUT2D eigenvalue weighted by molar-refractivity contribution is 6.19. The molecule has 0 bridgehead atoms. The number of aryl methyl sites for hydroxylation is 1. The Hall–Kier alpha value is -5.28. The molecule has 0 saturated carbocycles. The Morgan fingerprint density at radius 1 is 0.537 bits per heavy atom. The molecule has 8 rings (SSSR count). The summed E-state index contributed by atoms with van der Waals surface area (Å²) in [5.41, 5.74) is 8.84. The third-order valence-electron chi connectivity index (χ3n) is 8.15. The van der Waals surface area contributed by atoms with Crippen LogP contribution in [0.5, 0.6) is 0 Å². The van der Waals surface area contributed by atoms with Gasteiger partial charge in [0, 0.05) is 33.8 Å². The van der Waals surface area contributed by atoms with E-state index in [0.717, 1.165) is 51.1 Å². The second kappa shape index (κ2) is 9.42. The number of aromatic nitrogens is 3. The lowest BCUT2D eigenvalue weighted by atomic mass is 9.90. The molecule has 3 heteroatoms. The first-order valence-corrected chi connectivity index (χ1v) is 14.2. The fourth-order valence-corrected chi connectivity index (χ4v) is 6.28. The molecule has 3 nitrogen and oxygen atoms in total. The summed E-state index contributed by atoms with van der Waals surface area (Å²) in [6, 6.07) is 47.5. The molecule has 2 aromatic heterocycles. The third kappa shape index (κ3) is 3.74. The Morgan fingerprint density at radius 2 is 1.20 bits per heavy atom. The number of para-hydroxylation sites is 3. The van der Waals surface area contributed by atoms with Crippen molar-refractivity contribution in [3.8, 4) is 28.1 Å². The van der Waals surface area contributed by atoms with E-state index in [-0.39, 0.29) is 0 Å². The van der Waals surface area contributed by atoms with Gasteiger partial charge in [-0.3, -0.25) is 4.57 Å². The summed E-state index contributed by atoms with van der Waals surface area (Å²) in [5.74, 6) is 1.06. The van der Waals surface area contributed by atoms with Crippen LogP contribution in [-0.4, -0.2) is 14.5 Å². The van der Waals surface area contributed by atoms with E-state index in [1.165, 1.54) is 32.7 Å². The zero-order valence-corrected chi connectivity index (χ0v) is 22.8. The minimum absolute atomic E-state index is 0.865. The second-order valence-electron chi connectivity index (χ2n) is 10.5. The molecule has 0 saturated heterocycles. The predicted molar refractivity (Wildman–Crippen MR) is 172 cm³/mol. The fourth-order valence-electron chi connectivity index (χ4n) is 6.28. The van der Waals surface area contributed by atoms with Crippen molar-refractivity contribution < 1.29 is 0 Å². The van der Waals surface area contributed by atoms with Crippen LogP contribution in [0.25, 0.3) is 71.6 Å². The van der Waals surface area contributed by atoms with Crippen molar-refractivity contribution in [1.29, 1.82) is 0 Å². The first-order valence-electron chi connectivity index (χ1n) is 14.2.